The monoisotopic (exact) mass is 278 g/mol. The first-order chi connectivity index (χ1) is 9.10. The number of hydrogen-bond donors (Lipinski definition) is 0. The molecule has 0 heterocycles. The van der Waals surface area contributed by atoms with E-state index in [1.54, 1.807) is 5.19 Å². The zero-order chi connectivity index (χ0) is 14.1. The first-order valence-electron chi connectivity index (χ1n) is 7.83. The van der Waals surface area contributed by atoms with Crippen molar-refractivity contribution in [2.45, 2.75) is 65.1 Å². The first kappa shape index (κ1) is 16.3. The summed E-state index contributed by atoms with van der Waals surface area (Å²) in [6.07, 6.45) is 6.93. The van der Waals surface area contributed by atoms with Crippen LogP contribution in [-0.4, -0.2) is 14.7 Å². The van der Waals surface area contributed by atoms with Crippen LogP contribution < -0.4 is 9.92 Å². The Hall–Kier alpha value is -0.763. The minimum absolute atomic E-state index is 0.748. The van der Waals surface area contributed by atoms with E-state index in [-0.39, 0.29) is 0 Å². The summed E-state index contributed by atoms with van der Waals surface area (Å²) in [4.78, 5) is 0. The van der Waals surface area contributed by atoms with E-state index in [4.69, 9.17) is 4.74 Å². The van der Waals surface area contributed by atoms with Crippen LogP contribution in [0.25, 0.3) is 0 Å². The van der Waals surface area contributed by atoms with Gasteiger partial charge in [0.1, 0.15) is 5.75 Å². The van der Waals surface area contributed by atoms with Gasteiger partial charge in [0.05, 0.1) is 14.7 Å². The van der Waals surface area contributed by atoms with E-state index >= 15 is 0 Å². The zero-order valence-corrected chi connectivity index (χ0v) is 14.2. The van der Waals surface area contributed by atoms with E-state index in [1.807, 2.05) is 6.92 Å². The van der Waals surface area contributed by atoms with Crippen molar-refractivity contribution < 1.29 is 4.74 Å². The Bertz CT molecular complexity index is 343. The van der Waals surface area contributed by atoms with Crippen molar-refractivity contribution in [2.24, 2.45) is 0 Å². The van der Waals surface area contributed by atoms with Crippen molar-refractivity contribution in [1.29, 1.82) is 0 Å². The van der Waals surface area contributed by atoms with E-state index in [0.29, 0.717) is 0 Å². The second-order valence-corrected chi connectivity index (χ2v) is 10.9. The molecule has 0 saturated carbocycles. The van der Waals surface area contributed by atoms with Gasteiger partial charge >= 0.3 is 0 Å². The van der Waals surface area contributed by atoms with Crippen LogP contribution in [0.4, 0.5) is 0 Å². The maximum atomic E-state index is 5.51. The van der Waals surface area contributed by atoms with Crippen molar-refractivity contribution in [3.05, 3.63) is 24.3 Å². The summed E-state index contributed by atoms with van der Waals surface area (Å²) in [6, 6.07) is 10.2. The number of ether oxygens (including phenoxy) is 1. The molecule has 0 aliphatic carbocycles. The highest BCUT2D eigenvalue weighted by Crippen LogP contribution is 2.17. The SMILES string of the molecule is CCCCCCC[Si](C)(C)c1ccc(OCC)cc1. The van der Waals surface area contributed by atoms with Gasteiger partial charge < -0.3 is 4.74 Å². The van der Waals surface area contributed by atoms with Gasteiger partial charge in [-0.2, -0.15) is 0 Å². The van der Waals surface area contributed by atoms with Crippen molar-refractivity contribution >= 4 is 13.3 Å². The van der Waals surface area contributed by atoms with Crippen LogP contribution in [0.2, 0.25) is 19.1 Å². The van der Waals surface area contributed by atoms with Crippen molar-refractivity contribution in [3.8, 4) is 5.75 Å². The summed E-state index contributed by atoms with van der Waals surface area (Å²) >= 11 is 0. The normalized spacial score (nSPS) is 11.6. The molecule has 19 heavy (non-hydrogen) atoms. The maximum absolute atomic E-state index is 5.51. The Morgan fingerprint density at radius 2 is 1.53 bits per heavy atom. The third kappa shape index (κ3) is 5.81. The van der Waals surface area contributed by atoms with Crippen LogP contribution in [0.5, 0.6) is 5.75 Å². The smallest absolute Gasteiger partial charge is 0.119 e. The highest BCUT2D eigenvalue weighted by molar-refractivity contribution is 6.89. The third-order valence-electron chi connectivity index (χ3n) is 3.85. The lowest BCUT2D eigenvalue weighted by Gasteiger charge is -2.23. The van der Waals surface area contributed by atoms with E-state index in [2.05, 4.69) is 44.3 Å². The molecule has 0 fully saturated rings. The summed E-state index contributed by atoms with van der Waals surface area (Å²) in [5, 5.41) is 1.56. The minimum Gasteiger partial charge on any atom is -0.494 e. The van der Waals surface area contributed by atoms with Crippen LogP contribution in [-0.2, 0) is 0 Å². The molecule has 0 saturated heterocycles. The number of unbranched alkanes of at least 4 members (excludes halogenated alkanes) is 4. The lowest BCUT2D eigenvalue weighted by molar-refractivity contribution is 0.340. The Kier molecular flexibility index (Phi) is 7.22. The predicted molar refractivity (Wildman–Crippen MR) is 88.3 cm³/mol. The van der Waals surface area contributed by atoms with E-state index < -0.39 is 8.07 Å². The average Bonchev–Trinajstić information content (AvgIpc) is 2.39. The van der Waals surface area contributed by atoms with Gasteiger partial charge in [0.2, 0.25) is 0 Å². The highest BCUT2D eigenvalue weighted by Gasteiger charge is 2.22. The molecule has 1 nitrogen and oxygen atoms in total. The molecule has 0 spiro atoms. The van der Waals surface area contributed by atoms with Crippen LogP contribution in [0, 0.1) is 0 Å². The fourth-order valence-corrected chi connectivity index (χ4v) is 4.98. The third-order valence-corrected chi connectivity index (χ3v) is 7.35. The summed E-state index contributed by atoms with van der Waals surface area (Å²) in [5.41, 5.74) is 0. The molecule has 0 bridgehead atoms. The Balaban J connectivity index is 2.46. The van der Waals surface area contributed by atoms with Gasteiger partial charge in [0, 0.05) is 0 Å². The molecule has 2 heteroatoms. The molecule has 1 rings (SSSR count). The van der Waals surface area contributed by atoms with Crippen LogP contribution in [0.3, 0.4) is 0 Å². The number of rotatable bonds is 9. The van der Waals surface area contributed by atoms with Crippen molar-refractivity contribution in [1.82, 2.24) is 0 Å². The van der Waals surface area contributed by atoms with Crippen molar-refractivity contribution in [3.63, 3.8) is 0 Å². The molecule has 0 atom stereocenters. The molecule has 108 valence electrons. The van der Waals surface area contributed by atoms with Gasteiger partial charge in [-0.25, -0.2) is 0 Å². The Labute approximate surface area is 120 Å². The lowest BCUT2D eigenvalue weighted by atomic mass is 10.2. The molecule has 0 aliphatic heterocycles. The van der Waals surface area contributed by atoms with E-state index in [1.165, 1.54) is 38.1 Å². The molecule has 1 aromatic rings. The standard InChI is InChI=1S/C17H30OSi/c1-5-7-8-9-10-15-19(3,4)17-13-11-16(12-14-17)18-6-2/h11-14H,5-10,15H2,1-4H3. The summed E-state index contributed by atoms with van der Waals surface area (Å²) in [5.74, 6) is 0.999. The second-order valence-electron chi connectivity index (χ2n) is 6.01. The van der Waals surface area contributed by atoms with Gasteiger partial charge in [-0.1, -0.05) is 75.5 Å². The maximum Gasteiger partial charge on any atom is 0.119 e. The van der Waals surface area contributed by atoms with Gasteiger partial charge in [-0.3, -0.25) is 0 Å². The summed E-state index contributed by atoms with van der Waals surface area (Å²) in [7, 11) is -1.24. The molecule has 0 aromatic heterocycles. The first-order valence-corrected chi connectivity index (χ1v) is 11.0. The molecule has 0 amide bonds. The van der Waals surface area contributed by atoms with E-state index in [9.17, 15) is 0 Å². The van der Waals surface area contributed by atoms with Gasteiger partial charge in [-0.05, 0) is 19.1 Å². The van der Waals surface area contributed by atoms with Crippen LogP contribution >= 0.6 is 0 Å². The molecule has 0 N–H and O–H groups in total. The molecule has 1 aromatic carbocycles. The predicted octanol–water partition coefficient (Wildman–Crippen LogP) is 4.97. The molecular formula is C17H30OSi. The fraction of sp³-hybridized carbons (Fsp3) is 0.647. The summed E-state index contributed by atoms with van der Waals surface area (Å²) < 4.78 is 5.51. The van der Waals surface area contributed by atoms with E-state index in [0.717, 1.165) is 12.4 Å². The molecule has 0 aliphatic rings. The zero-order valence-electron chi connectivity index (χ0n) is 13.2. The van der Waals surface area contributed by atoms with Crippen LogP contribution in [0.1, 0.15) is 46.0 Å². The Morgan fingerprint density at radius 1 is 0.895 bits per heavy atom. The topological polar surface area (TPSA) is 9.23 Å². The van der Waals surface area contributed by atoms with Crippen LogP contribution in [0.15, 0.2) is 24.3 Å². The van der Waals surface area contributed by atoms with Crippen molar-refractivity contribution in [2.75, 3.05) is 6.61 Å². The molecular weight excluding hydrogens is 248 g/mol. The average molecular weight is 279 g/mol. The largest absolute Gasteiger partial charge is 0.494 e. The number of hydrogen-bond acceptors (Lipinski definition) is 1. The molecule has 0 radical (unpaired) electrons. The second kappa shape index (κ2) is 8.42. The Morgan fingerprint density at radius 3 is 2.11 bits per heavy atom. The minimum atomic E-state index is -1.24. The highest BCUT2D eigenvalue weighted by atomic mass is 28.3. The summed E-state index contributed by atoms with van der Waals surface area (Å²) in [6.45, 7) is 10.0. The van der Waals surface area contributed by atoms with Gasteiger partial charge in [0.25, 0.3) is 0 Å². The quantitative estimate of drug-likeness (QED) is 0.458. The lowest BCUT2D eigenvalue weighted by Crippen LogP contribution is -2.40. The van der Waals surface area contributed by atoms with Gasteiger partial charge in [0.15, 0.2) is 0 Å². The van der Waals surface area contributed by atoms with Gasteiger partial charge in [-0.15, -0.1) is 0 Å². The number of benzene rings is 1. The molecule has 0 unspecified atom stereocenters. The fourth-order valence-electron chi connectivity index (χ4n) is 2.48.